The highest BCUT2D eigenvalue weighted by Gasteiger charge is 2.20. The zero-order valence-corrected chi connectivity index (χ0v) is 15.2. The van der Waals surface area contributed by atoms with Gasteiger partial charge in [-0.1, -0.05) is 11.6 Å². The number of pyridine rings is 1. The molecule has 136 valence electrons. The van der Waals surface area contributed by atoms with Gasteiger partial charge in [0.25, 0.3) is 0 Å². The van der Waals surface area contributed by atoms with E-state index in [2.05, 4.69) is 15.0 Å². The average molecular weight is 388 g/mol. The first-order chi connectivity index (χ1) is 11.8. The zero-order chi connectivity index (χ0) is 18.4. The summed E-state index contributed by atoms with van der Waals surface area (Å²) in [5, 5.41) is 11.7. The van der Waals surface area contributed by atoms with Crippen molar-refractivity contribution in [3.8, 4) is 11.1 Å². The van der Waals surface area contributed by atoms with Crippen LogP contribution in [0.25, 0.3) is 11.1 Å². The number of aliphatic hydroxyl groups excluding tert-OH is 1. The van der Waals surface area contributed by atoms with E-state index in [1.165, 1.54) is 31.3 Å². The van der Waals surface area contributed by atoms with Gasteiger partial charge < -0.3 is 10.4 Å². The normalized spacial score (nSPS) is 11.7. The maximum absolute atomic E-state index is 14.3. The summed E-state index contributed by atoms with van der Waals surface area (Å²) in [6.07, 6.45) is 1.43. The summed E-state index contributed by atoms with van der Waals surface area (Å²) in [5.74, 6) is -0.539. The van der Waals surface area contributed by atoms with Gasteiger partial charge in [-0.25, -0.2) is 22.5 Å². The SMILES string of the molecule is Cc1cc(F)c(-c2ccnc(Cl)c2)cc1S(=O)(=O)NCCNCCO. The number of nitrogens with zero attached hydrogens (tertiary/aromatic N) is 1. The van der Waals surface area contributed by atoms with Crippen molar-refractivity contribution in [1.82, 2.24) is 15.0 Å². The number of hydrogen-bond donors (Lipinski definition) is 3. The predicted octanol–water partition coefficient (Wildman–Crippen LogP) is 1.71. The quantitative estimate of drug-likeness (QED) is 0.474. The van der Waals surface area contributed by atoms with Crippen molar-refractivity contribution in [2.45, 2.75) is 11.8 Å². The fourth-order valence-electron chi connectivity index (χ4n) is 2.29. The van der Waals surface area contributed by atoms with E-state index in [9.17, 15) is 12.8 Å². The van der Waals surface area contributed by atoms with Gasteiger partial charge in [-0.2, -0.15) is 0 Å². The molecule has 0 radical (unpaired) electrons. The Labute approximate surface area is 151 Å². The summed E-state index contributed by atoms with van der Waals surface area (Å²) in [6, 6.07) is 5.50. The molecule has 0 atom stereocenters. The van der Waals surface area contributed by atoms with E-state index >= 15 is 0 Å². The van der Waals surface area contributed by atoms with Gasteiger partial charge in [0.15, 0.2) is 0 Å². The van der Waals surface area contributed by atoms with E-state index in [4.69, 9.17) is 16.7 Å². The van der Waals surface area contributed by atoms with Crippen LogP contribution in [0.2, 0.25) is 5.15 Å². The van der Waals surface area contributed by atoms with Crippen molar-refractivity contribution in [1.29, 1.82) is 0 Å². The number of nitrogens with one attached hydrogen (secondary N) is 2. The highest BCUT2D eigenvalue weighted by atomic mass is 35.5. The molecule has 3 N–H and O–H groups in total. The first-order valence-electron chi connectivity index (χ1n) is 7.58. The summed E-state index contributed by atoms with van der Waals surface area (Å²) >= 11 is 5.83. The number of benzene rings is 1. The van der Waals surface area contributed by atoms with Gasteiger partial charge >= 0.3 is 0 Å². The van der Waals surface area contributed by atoms with Gasteiger partial charge in [-0.15, -0.1) is 0 Å². The van der Waals surface area contributed by atoms with E-state index in [0.717, 1.165) is 0 Å². The molecule has 9 heteroatoms. The van der Waals surface area contributed by atoms with Crippen molar-refractivity contribution in [3.05, 3.63) is 47.0 Å². The molecule has 1 aromatic carbocycles. The number of aryl methyl sites for hydroxylation is 1. The summed E-state index contributed by atoms with van der Waals surface area (Å²) in [4.78, 5) is 3.84. The summed E-state index contributed by atoms with van der Waals surface area (Å²) in [5.41, 5.74) is 0.879. The second kappa shape index (κ2) is 8.68. The number of aliphatic hydroxyl groups is 1. The third kappa shape index (κ3) is 5.20. The molecule has 2 rings (SSSR count). The molecule has 0 spiro atoms. The second-order valence-corrected chi connectivity index (χ2v) is 7.46. The van der Waals surface area contributed by atoms with E-state index < -0.39 is 15.8 Å². The summed E-state index contributed by atoms with van der Waals surface area (Å²) in [7, 11) is -3.80. The number of rotatable bonds is 8. The Morgan fingerprint density at radius 2 is 2.00 bits per heavy atom. The Bertz CT molecular complexity index is 847. The molecule has 0 amide bonds. The highest BCUT2D eigenvalue weighted by molar-refractivity contribution is 7.89. The smallest absolute Gasteiger partial charge is 0.240 e. The van der Waals surface area contributed by atoms with Crippen molar-refractivity contribution in [2.24, 2.45) is 0 Å². The zero-order valence-electron chi connectivity index (χ0n) is 13.6. The maximum Gasteiger partial charge on any atom is 0.240 e. The fourth-order valence-corrected chi connectivity index (χ4v) is 3.75. The molecule has 25 heavy (non-hydrogen) atoms. The average Bonchev–Trinajstić information content (AvgIpc) is 2.54. The molecular formula is C16H19ClFN3O3S. The fraction of sp³-hybridized carbons (Fsp3) is 0.312. The molecule has 6 nitrogen and oxygen atoms in total. The van der Waals surface area contributed by atoms with Crippen LogP contribution in [0.1, 0.15) is 5.56 Å². The standard InChI is InChI=1S/C16H19ClFN3O3S/c1-11-8-14(18)13(12-2-3-20-16(17)9-12)10-15(11)25(23,24)21-5-4-19-6-7-22/h2-3,8-10,19,21-22H,4-7H2,1H3. The van der Waals surface area contributed by atoms with Gasteiger partial charge in [0.2, 0.25) is 10.0 Å². The van der Waals surface area contributed by atoms with E-state index in [0.29, 0.717) is 24.2 Å². The molecule has 0 fully saturated rings. The highest BCUT2D eigenvalue weighted by Crippen LogP contribution is 2.29. The molecule has 0 saturated heterocycles. The first-order valence-corrected chi connectivity index (χ1v) is 9.44. The van der Waals surface area contributed by atoms with Crippen LogP contribution >= 0.6 is 11.6 Å². The van der Waals surface area contributed by atoms with Gasteiger partial charge in [0.1, 0.15) is 11.0 Å². The molecule has 0 unspecified atom stereocenters. The first kappa shape index (κ1) is 19.7. The Hall–Kier alpha value is -1.58. The van der Waals surface area contributed by atoms with Gasteiger partial charge in [-0.05, 0) is 42.3 Å². The van der Waals surface area contributed by atoms with Crippen LogP contribution < -0.4 is 10.0 Å². The van der Waals surface area contributed by atoms with Crippen LogP contribution in [0.4, 0.5) is 4.39 Å². The maximum atomic E-state index is 14.3. The van der Waals surface area contributed by atoms with Crippen molar-refractivity contribution in [3.63, 3.8) is 0 Å². The van der Waals surface area contributed by atoms with Crippen molar-refractivity contribution >= 4 is 21.6 Å². The molecule has 0 aliphatic rings. The van der Waals surface area contributed by atoms with E-state index in [-0.39, 0.29) is 28.8 Å². The Morgan fingerprint density at radius 3 is 2.68 bits per heavy atom. The van der Waals surface area contributed by atoms with Crippen LogP contribution in [0.15, 0.2) is 35.4 Å². The molecule has 2 aromatic rings. The third-order valence-electron chi connectivity index (χ3n) is 3.47. The molecular weight excluding hydrogens is 369 g/mol. The van der Waals surface area contributed by atoms with Crippen LogP contribution in [0.5, 0.6) is 0 Å². The lowest BCUT2D eigenvalue weighted by Crippen LogP contribution is -2.33. The topological polar surface area (TPSA) is 91.3 Å². The number of hydrogen-bond acceptors (Lipinski definition) is 5. The van der Waals surface area contributed by atoms with Crippen LogP contribution in [-0.4, -0.2) is 44.7 Å². The van der Waals surface area contributed by atoms with Crippen LogP contribution in [-0.2, 0) is 10.0 Å². The lowest BCUT2D eigenvalue weighted by atomic mass is 10.0. The monoisotopic (exact) mass is 387 g/mol. The lowest BCUT2D eigenvalue weighted by molar-refractivity contribution is 0.293. The molecule has 0 aliphatic heterocycles. The minimum Gasteiger partial charge on any atom is -0.395 e. The minimum atomic E-state index is -3.80. The predicted molar refractivity (Wildman–Crippen MR) is 94.5 cm³/mol. The molecule has 0 bridgehead atoms. The van der Waals surface area contributed by atoms with Crippen LogP contribution in [0.3, 0.4) is 0 Å². The Morgan fingerprint density at radius 1 is 1.24 bits per heavy atom. The Balaban J connectivity index is 2.30. The van der Waals surface area contributed by atoms with E-state index in [1.807, 2.05) is 0 Å². The second-order valence-electron chi connectivity index (χ2n) is 5.34. The van der Waals surface area contributed by atoms with Crippen molar-refractivity contribution < 1.29 is 17.9 Å². The largest absolute Gasteiger partial charge is 0.395 e. The molecule has 1 heterocycles. The van der Waals surface area contributed by atoms with Crippen LogP contribution in [0, 0.1) is 12.7 Å². The van der Waals surface area contributed by atoms with Crippen molar-refractivity contribution in [2.75, 3.05) is 26.2 Å². The molecule has 1 aromatic heterocycles. The minimum absolute atomic E-state index is 0.000933. The lowest BCUT2D eigenvalue weighted by Gasteiger charge is -2.13. The number of sulfonamides is 1. The summed E-state index contributed by atoms with van der Waals surface area (Å²) < 4.78 is 41.8. The molecule has 0 aliphatic carbocycles. The summed E-state index contributed by atoms with van der Waals surface area (Å²) in [6.45, 7) is 2.40. The Kier molecular flexibility index (Phi) is 6.86. The van der Waals surface area contributed by atoms with E-state index in [1.54, 1.807) is 6.07 Å². The van der Waals surface area contributed by atoms with Gasteiger partial charge in [0.05, 0.1) is 11.5 Å². The number of halogens is 2. The van der Waals surface area contributed by atoms with Gasteiger partial charge in [0, 0.05) is 31.4 Å². The molecule has 0 saturated carbocycles. The number of aromatic nitrogens is 1. The van der Waals surface area contributed by atoms with Gasteiger partial charge in [-0.3, -0.25) is 0 Å². The third-order valence-corrected chi connectivity index (χ3v) is 5.28.